The van der Waals surface area contributed by atoms with Crippen LogP contribution in [0.1, 0.15) is 31.7 Å². The van der Waals surface area contributed by atoms with E-state index in [1.165, 1.54) is 0 Å². The maximum atomic E-state index is 13.9. The summed E-state index contributed by atoms with van der Waals surface area (Å²) in [5, 5.41) is 1.96. The Kier molecular flexibility index (Phi) is 9.77. The first-order valence-electron chi connectivity index (χ1n) is 10.0. The highest BCUT2D eigenvalue weighted by Crippen LogP contribution is 2.29. The van der Waals surface area contributed by atoms with E-state index in [-0.39, 0.29) is 13.2 Å². The normalized spacial score (nSPS) is 11.5. The van der Waals surface area contributed by atoms with Crippen molar-refractivity contribution in [2.75, 3.05) is 6.61 Å². The Bertz CT molecular complexity index is 1010. The molecule has 0 aliphatic rings. The van der Waals surface area contributed by atoms with Crippen LogP contribution in [-0.4, -0.2) is 30.7 Å². The summed E-state index contributed by atoms with van der Waals surface area (Å²) >= 11 is 0. The zero-order valence-electron chi connectivity index (χ0n) is 17.8. The van der Waals surface area contributed by atoms with Gasteiger partial charge in [0.05, 0.1) is 13.0 Å². The molecule has 0 radical (unpaired) electrons. The van der Waals surface area contributed by atoms with Gasteiger partial charge in [-0.05, 0) is 12.0 Å². The molecule has 1 amide bonds. The Hall–Kier alpha value is -3.70. The molecule has 0 fully saturated rings. The van der Waals surface area contributed by atoms with Crippen LogP contribution in [0, 0.1) is 29.1 Å². The molecule has 0 spiro atoms. The van der Waals surface area contributed by atoms with Crippen LogP contribution < -0.4 is 10.1 Å². The average molecular weight is 489 g/mol. The van der Waals surface area contributed by atoms with Crippen molar-refractivity contribution in [2.24, 2.45) is 0 Å². The van der Waals surface area contributed by atoms with Gasteiger partial charge >= 0.3 is 18.0 Å². The molecule has 7 nitrogen and oxygen atoms in total. The van der Waals surface area contributed by atoms with E-state index in [4.69, 9.17) is 9.47 Å². The summed E-state index contributed by atoms with van der Waals surface area (Å²) in [6, 6.07) is 6.46. The summed E-state index contributed by atoms with van der Waals surface area (Å²) in [7, 11) is 0. The summed E-state index contributed by atoms with van der Waals surface area (Å²) in [5.41, 5.74) is 0.600. The standard InChI is InChI=1S/C22H20F5NO6/c1-2-3-9-32-22(31)28-13(10-14(29)33-11-12-7-5-4-6-8-12)21(30)34-20-18(26)16(24)15(23)17(25)19(20)27/h4-8,13H,2-3,9-11H2,1H3,(H,28,31)/t13-/m0/s1. The monoisotopic (exact) mass is 489 g/mol. The minimum absolute atomic E-state index is 0.0415. The molecule has 0 aliphatic heterocycles. The van der Waals surface area contributed by atoms with Gasteiger partial charge in [-0.15, -0.1) is 0 Å². The molecule has 34 heavy (non-hydrogen) atoms. The summed E-state index contributed by atoms with van der Waals surface area (Å²) < 4.78 is 81.8. The molecule has 2 aromatic carbocycles. The first-order chi connectivity index (χ1) is 16.1. The Morgan fingerprint density at radius 2 is 1.47 bits per heavy atom. The summed E-state index contributed by atoms with van der Waals surface area (Å²) in [6.45, 7) is 1.58. The van der Waals surface area contributed by atoms with Crippen LogP contribution >= 0.6 is 0 Å². The zero-order chi connectivity index (χ0) is 25.3. The second-order valence-electron chi connectivity index (χ2n) is 6.86. The van der Waals surface area contributed by atoms with Crippen LogP contribution in [-0.2, 0) is 25.7 Å². The highest BCUT2D eigenvalue weighted by atomic mass is 19.2. The Labute approximate surface area is 190 Å². The SMILES string of the molecule is CCCCOC(=O)N[C@@H](CC(=O)OCc1ccccc1)C(=O)Oc1c(F)c(F)c(F)c(F)c1F. The molecule has 0 aromatic heterocycles. The third kappa shape index (κ3) is 7.15. The molecule has 12 heteroatoms. The van der Waals surface area contributed by atoms with Gasteiger partial charge in [-0.1, -0.05) is 43.7 Å². The zero-order valence-corrected chi connectivity index (χ0v) is 17.8. The first kappa shape index (κ1) is 26.6. The number of amides is 1. The van der Waals surface area contributed by atoms with Gasteiger partial charge in [0.1, 0.15) is 12.6 Å². The largest absolute Gasteiger partial charge is 0.461 e. The van der Waals surface area contributed by atoms with E-state index in [9.17, 15) is 36.3 Å². The topological polar surface area (TPSA) is 90.9 Å². The summed E-state index contributed by atoms with van der Waals surface area (Å²) in [4.78, 5) is 36.5. The maximum absolute atomic E-state index is 13.9. The van der Waals surface area contributed by atoms with Crippen LogP contribution in [0.3, 0.4) is 0 Å². The van der Waals surface area contributed by atoms with Crippen LogP contribution in [0.4, 0.5) is 26.7 Å². The van der Waals surface area contributed by atoms with Crippen molar-refractivity contribution in [1.82, 2.24) is 5.32 Å². The molecule has 2 aromatic rings. The predicted octanol–water partition coefficient (Wildman–Crippen LogP) is 4.32. The molecular formula is C22H20F5NO6. The first-order valence-corrected chi connectivity index (χ1v) is 10.0. The third-order valence-corrected chi connectivity index (χ3v) is 4.29. The number of benzene rings is 2. The van der Waals surface area contributed by atoms with E-state index in [0.717, 1.165) is 0 Å². The lowest BCUT2D eigenvalue weighted by atomic mass is 10.2. The van der Waals surface area contributed by atoms with Crippen molar-refractivity contribution in [3.8, 4) is 5.75 Å². The van der Waals surface area contributed by atoms with Crippen LogP contribution in [0.5, 0.6) is 5.75 Å². The lowest BCUT2D eigenvalue weighted by Crippen LogP contribution is -2.45. The lowest BCUT2D eigenvalue weighted by Gasteiger charge is -2.17. The fourth-order valence-corrected chi connectivity index (χ4v) is 2.50. The molecule has 0 unspecified atom stereocenters. The van der Waals surface area contributed by atoms with Crippen LogP contribution in [0.15, 0.2) is 30.3 Å². The second-order valence-corrected chi connectivity index (χ2v) is 6.86. The Morgan fingerprint density at radius 3 is 2.06 bits per heavy atom. The second kappa shape index (κ2) is 12.5. The van der Waals surface area contributed by atoms with E-state index in [1.807, 2.05) is 12.2 Å². The average Bonchev–Trinajstić information content (AvgIpc) is 2.83. The van der Waals surface area contributed by atoms with Crippen LogP contribution in [0.2, 0.25) is 0 Å². The fraction of sp³-hybridized carbons (Fsp3) is 0.318. The number of carbonyl (C=O) groups excluding carboxylic acids is 3. The number of alkyl carbamates (subject to hydrolysis) is 1. The molecule has 0 saturated carbocycles. The molecule has 0 saturated heterocycles. The van der Waals surface area contributed by atoms with E-state index < -0.39 is 65.3 Å². The molecule has 1 atom stereocenters. The van der Waals surface area contributed by atoms with Gasteiger partial charge in [0.15, 0.2) is 0 Å². The van der Waals surface area contributed by atoms with Gasteiger partial charge in [0.25, 0.3) is 0 Å². The molecule has 0 aliphatic carbocycles. The minimum atomic E-state index is -2.45. The Morgan fingerprint density at radius 1 is 0.882 bits per heavy atom. The van der Waals surface area contributed by atoms with E-state index in [0.29, 0.717) is 18.4 Å². The number of unbranched alkanes of at least 4 members (excludes halogenated alkanes) is 1. The van der Waals surface area contributed by atoms with E-state index in [2.05, 4.69) is 4.74 Å². The molecule has 2 rings (SSSR count). The smallest absolute Gasteiger partial charge is 0.407 e. The van der Waals surface area contributed by atoms with Gasteiger partial charge in [0, 0.05) is 0 Å². The third-order valence-electron chi connectivity index (χ3n) is 4.29. The Balaban J connectivity index is 2.17. The fourth-order valence-electron chi connectivity index (χ4n) is 2.50. The van der Waals surface area contributed by atoms with Crippen molar-refractivity contribution in [3.05, 3.63) is 65.0 Å². The van der Waals surface area contributed by atoms with Gasteiger partial charge in [0.2, 0.25) is 34.8 Å². The van der Waals surface area contributed by atoms with Crippen molar-refractivity contribution < 1.29 is 50.5 Å². The quantitative estimate of drug-likeness (QED) is 0.134. The molecular weight excluding hydrogens is 469 g/mol. The van der Waals surface area contributed by atoms with Crippen molar-refractivity contribution in [2.45, 2.75) is 38.8 Å². The summed E-state index contributed by atoms with van der Waals surface area (Å²) in [5.74, 6) is -16.5. The number of rotatable bonds is 10. The van der Waals surface area contributed by atoms with E-state index >= 15 is 0 Å². The minimum Gasteiger partial charge on any atom is -0.461 e. The highest BCUT2D eigenvalue weighted by Gasteiger charge is 2.33. The van der Waals surface area contributed by atoms with Gasteiger partial charge in [-0.3, -0.25) is 4.79 Å². The number of carbonyl (C=O) groups is 3. The van der Waals surface area contributed by atoms with Gasteiger partial charge in [-0.25, -0.2) is 22.8 Å². The van der Waals surface area contributed by atoms with E-state index in [1.54, 1.807) is 30.3 Å². The number of nitrogens with one attached hydrogen (secondary N) is 1. The van der Waals surface area contributed by atoms with Gasteiger partial charge < -0.3 is 19.5 Å². The van der Waals surface area contributed by atoms with Crippen molar-refractivity contribution in [1.29, 1.82) is 0 Å². The summed E-state index contributed by atoms with van der Waals surface area (Å²) in [6.07, 6.45) is -0.912. The van der Waals surface area contributed by atoms with Crippen LogP contribution in [0.25, 0.3) is 0 Å². The molecule has 184 valence electrons. The predicted molar refractivity (Wildman–Crippen MR) is 106 cm³/mol. The lowest BCUT2D eigenvalue weighted by molar-refractivity contribution is -0.149. The van der Waals surface area contributed by atoms with Crippen molar-refractivity contribution >= 4 is 18.0 Å². The number of ether oxygens (including phenoxy) is 3. The van der Waals surface area contributed by atoms with Gasteiger partial charge in [-0.2, -0.15) is 8.78 Å². The molecule has 0 bridgehead atoms. The number of hydrogen-bond donors (Lipinski definition) is 1. The number of hydrogen-bond acceptors (Lipinski definition) is 6. The molecule has 1 N–H and O–H groups in total. The maximum Gasteiger partial charge on any atom is 0.407 e. The molecule has 0 heterocycles. The number of halogens is 5. The number of esters is 2. The van der Waals surface area contributed by atoms with Crippen molar-refractivity contribution in [3.63, 3.8) is 0 Å². The highest BCUT2D eigenvalue weighted by molar-refractivity contribution is 5.87.